The molecule has 2 N–H and O–H groups in total. The fourth-order valence-corrected chi connectivity index (χ4v) is 3.92. The molecule has 16 nitrogen and oxygen atoms in total. The molecule has 0 aromatic carbocycles. The van der Waals surface area contributed by atoms with E-state index in [1.54, 1.807) is 21.1 Å². The van der Waals surface area contributed by atoms with Crippen LogP contribution in [0, 0.1) is 0 Å². The lowest BCUT2D eigenvalue weighted by molar-refractivity contribution is -0.147. The molecule has 0 radical (unpaired) electrons. The molecule has 0 aromatic heterocycles. The third-order valence-corrected chi connectivity index (χ3v) is 6.56. The number of hydrogen-bond acceptors (Lipinski definition) is 14. The van der Waals surface area contributed by atoms with Crippen LogP contribution in [0.2, 0.25) is 0 Å². The van der Waals surface area contributed by atoms with Crippen molar-refractivity contribution in [2.45, 2.75) is 45.6 Å². The fourth-order valence-electron chi connectivity index (χ4n) is 3.92. The Kier molecular flexibility index (Phi) is 23.6. The maximum Gasteiger partial charge on any atom is 0.407 e. The topological polar surface area (TPSA) is 186 Å². The quantitative estimate of drug-likeness (QED) is 0.0320. The molecule has 2 amide bonds. The van der Waals surface area contributed by atoms with Crippen LogP contribution in [-0.4, -0.2) is 134 Å². The maximum absolute atomic E-state index is 12.5. The van der Waals surface area contributed by atoms with E-state index in [0.29, 0.717) is 17.8 Å². The van der Waals surface area contributed by atoms with Crippen LogP contribution in [0.3, 0.4) is 0 Å². The minimum atomic E-state index is -0.760. The number of hydrogen-bond donors (Lipinski definition) is 2. The summed E-state index contributed by atoms with van der Waals surface area (Å²) in [5, 5.41) is 4.91. The summed E-state index contributed by atoms with van der Waals surface area (Å²) in [6, 6.07) is 0. The van der Waals surface area contributed by atoms with Crippen molar-refractivity contribution in [1.29, 1.82) is 0 Å². The van der Waals surface area contributed by atoms with E-state index in [1.165, 1.54) is 6.92 Å². The van der Waals surface area contributed by atoms with Crippen LogP contribution in [-0.2, 0) is 52.3 Å². The van der Waals surface area contributed by atoms with Gasteiger partial charge in [-0.2, -0.15) is 0 Å². The second-order valence-corrected chi connectivity index (χ2v) is 10.5. The molecular weight excluding hydrogens is 634 g/mol. The van der Waals surface area contributed by atoms with E-state index < -0.39 is 35.6 Å². The van der Waals surface area contributed by atoms with E-state index in [4.69, 9.17) is 37.9 Å². The highest BCUT2D eigenvalue weighted by Crippen LogP contribution is 2.22. The minimum absolute atomic E-state index is 0.0181. The first-order chi connectivity index (χ1) is 22.8. The largest absolute Gasteiger partial charge is 0.492 e. The highest BCUT2D eigenvalue weighted by atomic mass is 16.6. The van der Waals surface area contributed by atoms with Gasteiger partial charge >= 0.3 is 30.1 Å². The van der Waals surface area contributed by atoms with Gasteiger partial charge < -0.3 is 48.5 Å². The number of alkyl carbamates (subject to hydrolysis) is 2. The Morgan fingerprint density at radius 2 is 1.06 bits per heavy atom. The van der Waals surface area contributed by atoms with Crippen LogP contribution in [0.25, 0.3) is 0 Å². The van der Waals surface area contributed by atoms with Crippen molar-refractivity contribution in [1.82, 2.24) is 15.5 Å². The van der Waals surface area contributed by atoms with Gasteiger partial charge in [0.2, 0.25) is 0 Å². The number of esters is 3. The van der Waals surface area contributed by atoms with Crippen LogP contribution in [0.4, 0.5) is 9.59 Å². The second kappa shape index (κ2) is 25.9. The van der Waals surface area contributed by atoms with Gasteiger partial charge in [0.25, 0.3) is 0 Å². The molecule has 0 aliphatic heterocycles. The standard InChI is InChI=1S/C32H53N3O13/c1-9-32(22-41-7,23-42-8)35(14-10-27(36)44-18-20-47-30(39)33-12-16-43-26(6)24(2)3)15-11-28(37)45-19-21-48-31(40)34-13-17-46-29(38)25(4)5/h2,4,6,9-23H2,1,3,5,7-8H3,(H,33,39)(H,34,40). The summed E-state index contributed by atoms with van der Waals surface area (Å²) < 4.78 is 41.4. The Bertz CT molecular complexity index is 988. The fraction of sp³-hybridized carbons (Fsp3) is 0.656. The van der Waals surface area contributed by atoms with Crippen molar-refractivity contribution in [3.8, 4) is 0 Å². The Labute approximate surface area is 283 Å². The molecule has 0 saturated heterocycles. The van der Waals surface area contributed by atoms with Gasteiger partial charge in [0.1, 0.15) is 45.4 Å². The average Bonchev–Trinajstić information content (AvgIpc) is 3.04. The summed E-state index contributed by atoms with van der Waals surface area (Å²) >= 11 is 0. The lowest BCUT2D eigenvalue weighted by atomic mass is 9.94. The molecule has 0 unspecified atom stereocenters. The number of ether oxygens (including phenoxy) is 8. The predicted octanol–water partition coefficient (Wildman–Crippen LogP) is 2.27. The van der Waals surface area contributed by atoms with Crippen molar-refractivity contribution in [2.75, 3.05) is 93.3 Å². The van der Waals surface area contributed by atoms with Crippen LogP contribution in [0.5, 0.6) is 0 Å². The molecule has 0 aromatic rings. The Morgan fingerprint density at radius 1 is 0.625 bits per heavy atom. The summed E-state index contributed by atoms with van der Waals surface area (Å²) in [6.45, 7) is 16.8. The predicted molar refractivity (Wildman–Crippen MR) is 174 cm³/mol. The van der Waals surface area contributed by atoms with E-state index in [1.807, 2.05) is 11.8 Å². The summed E-state index contributed by atoms with van der Waals surface area (Å²) in [5.74, 6) is -1.20. The normalized spacial score (nSPS) is 10.8. The zero-order valence-corrected chi connectivity index (χ0v) is 29.0. The summed E-state index contributed by atoms with van der Waals surface area (Å²) in [5.41, 5.74) is 0.281. The SMILES string of the molecule is C=C(C)C(=C)OCCNC(=O)OCCOC(=O)CCN(CCC(=O)OCCOC(=O)NCCOC(=O)C(=C)C)C(CC)(COC)COC. The zero-order chi connectivity index (χ0) is 36.4. The van der Waals surface area contributed by atoms with E-state index >= 15 is 0 Å². The van der Waals surface area contributed by atoms with E-state index in [2.05, 4.69) is 30.4 Å². The molecule has 0 bridgehead atoms. The molecule has 274 valence electrons. The van der Waals surface area contributed by atoms with Crippen molar-refractivity contribution >= 4 is 30.1 Å². The molecule has 0 aliphatic carbocycles. The average molecular weight is 688 g/mol. The van der Waals surface area contributed by atoms with Crippen LogP contribution in [0.1, 0.15) is 40.0 Å². The summed E-state index contributed by atoms with van der Waals surface area (Å²) in [7, 11) is 3.10. The first kappa shape index (κ1) is 43.9. The van der Waals surface area contributed by atoms with Crippen LogP contribution >= 0.6 is 0 Å². The second-order valence-electron chi connectivity index (χ2n) is 10.5. The zero-order valence-electron chi connectivity index (χ0n) is 29.0. The molecule has 48 heavy (non-hydrogen) atoms. The number of allylic oxidation sites excluding steroid dienone is 1. The minimum Gasteiger partial charge on any atom is -0.492 e. The van der Waals surface area contributed by atoms with E-state index in [0.717, 1.165) is 0 Å². The number of nitrogens with zero attached hydrogens (tertiary/aromatic N) is 1. The van der Waals surface area contributed by atoms with Gasteiger partial charge in [-0.15, -0.1) is 0 Å². The van der Waals surface area contributed by atoms with Gasteiger partial charge in [-0.05, 0) is 25.8 Å². The summed E-state index contributed by atoms with van der Waals surface area (Å²) in [4.78, 5) is 61.7. The lowest BCUT2D eigenvalue weighted by Crippen LogP contribution is -2.56. The third kappa shape index (κ3) is 20.2. The molecule has 0 spiro atoms. The molecule has 0 heterocycles. The highest BCUT2D eigenvalue weighted by Gasteiger charge is 2.36. The van der Waals surface area contributed by atoms with Gasteiger partial charge in [0.05, 0.1) is 44.7 Å². The smallest absolute Gasteiger partial charge is 0.407 e. The number of carbonyl (C=O) groups excluding carboxylic acids is 5. The number of nitrogens with one attached hydrogen (secondary N) is 2. The summed E-state index contributed by atoms with van der Waals surface area (Å²) in [6.07, 6.45) is -0.905. The van der Waals surface area contributed by atoms with E-state index in [9.17, 15) is 24.0 Å². The van der Waals surface area contributed by atoms with Gasteiger partial charge in [0.15, 0.2) is 0 Å². The van der Waals surface area contributed by atoms with Crippen molar-refractivity contribution in [3.05, 3.63) is 36.6 Å². The van der Waals surface area contributed by atoms with Crippen LogP contribution in [0.15, 0.2) is 36.6 Å². The number of carbonyl (C=O) groups is 5. The van der Waals surface area contributed by atoms with Crippen molar-refractivity contribution in [2.24, 2.45) is 0 Å². The lowest BCUT2D eigenvalue weighted by Gasteiger charge is -2.42. The molecule has 0 fully saturated rings. The monoisotopic (exact) mass is 687 g/mol. The molecule has 0 rings (SSSR count). The Hall–Kier alpha value is -4.15. The highest BCUT2D eigenvalue weighted by molar-refractivity contribution is 5.86. The number of methoxy groups -OCH3 is 2. The first-order valence-corrected chi connectivity index (χ1v) is 15.5. The third-order valence-electron chi connectivity index (χ3n) is 6.56. The number of rotatable bonds is 27. The first-order valence-electron chi connectivity index (χ1n) is 15.5. The molecule has 0 atom stereocenters. The molecular formula is C32H53N3O13. The number of amides is 2. The Balaban J connectivity index is 4.68. The van der Waals surface area contributed by atoms with Crippen molar-refractivity contribution in [3.63, 3.8) is 0 Å². The molecule has 0 saturated carbocycles. The maximum atomic E-state index is 12.5. The molecule has 16 heteroatoms. The van der Waals surface area contributed by atoms with Gasteiger partial charge in [-0.25, -0.2) is 14.4 Å². The van der Waals surface area contributed by atoms with Gasteiger partial charge in [0, 0.05) is 32.9 Å². The molecule has 0 aliphatic rings. The Morgan fingerprint density at radius 3 is 1.46 bits per heavy atom. The van der Waals surface area contributed by atoms with E-state index in [-0.39, 0.29) is 97.4 Å². The van der Waals surface area contributed by atoms with Gasteiger partial charge in [-0.3, -0.25) is 14.5 Å². The van der Waals surface area contributed by atoms with Crippen LogP contribution < -0.4 is 10.6 Å². The van der Waals surface area contributed by atoms with Crippen molar-refractivity contribution < 1.29 is 61.9 Å². The van der Waals surface area contributed by atoms with Gasteiger partial charge in [-0.1, -0.05) is 26.7 Å².